The van der Waals surface area contributed by atoms with Gasteiger partial charge in [-0.25, -0.2) is 0 Å². The van der Waals surface area contributed by atoms with Crippen molar-refractivity contribution >= 4 is 21.8 Å². The lowest BCUT2D eigenvalue weighted by atomic mass is 10.0. The van der Waals surface area contributed by atoms with Crippen molar-refractivity contribution in [1.29, 1.82) is 0 Å². The molecule has 5 rings (SSSR count). The fourth-order valence-corrected chi connectivity index (χ4v) is 3.14. The van der Waals surface area contributed by atoms with Gasteiger partial charge in [0.25, 0.3) is 0 Å². The molecule has 4 nitrogen and oxygen atoms in total. The summed E-state index contributed by atoms with van der Waals surface area (Å²) in [6.45, 7) is 0. The van der Waals surface area contributed by atoms with Crippen LogP contribution in [0.3, 0.4) is 0 Å². The number of aromatic amines is 2. The van der Waals surface area contributed by atoms with Gasteiger partial charge in [0.1, 0.15) is 5.69 Å². The molecular formula is C20H14N4. The molecule has 3 aromatic heterocycles. The highest BCUT2D eigenvalue weighted by Gasteiger charge is 2.12. The van der Waals surface area contributed by atoms with E-state index < -0.39 is 0 Å². The maximum atomic E-state index is 4.53. The maximum absolute atomic E-state index is 4.53. The van der Waals surface area contributed by atoms with Crippen molar-refractivity contribution in [2.24, 2.45) is 0 Å². The van der Waals surface area contributed by atoms with Crippen molar-refractivity contribution in [3.63, 3.8) is 0 Å². The molecule has 24 heavy (non-hydrogen) atoms. The molecule has 2 aromatic carbocycles. The Morgan fingerprint density at radius 1 is 0.750 bits per heavy atom. The standard InChI is InChI=1S/C20H14N4/c1-2-4-17-15(3-1)12-19(22-17)20-16-11-14(5-6-18(16)23-24-20)13-7-9-21-10-8-13/h1-12,22H,(H,23,24). The third-order valence-corrected chi connectivity index (χ3v) is 4.36. The Kier molecular flexibility index (Phi) is 2.76. The van der Waals surface area contributed by atoms with Crippen LogP contribution in [0.2, 0.25) is 0 Å². The van der Waals surface area contributed by atoms with Gasteiger partial charge in [-0.3, -0.25) is 10.1 Å². The highest BCUT2D eigenvalue weighted by Crippen LogP contribution is 2.31. The van der Waals surface area contributed by atoms with Crippen molar-refractivity contribution in [3.8, 4) is 22.5 Å². The third-order valence-electron chi connectivity index (χ3n) is 4.36. The normalized spacial score (nSPS) is 11.3. The first-order valence-electron chi connectivity index (χ1n) is 7.85. The van der Waals surface area contributed by atoms with Crippen LogP contribution in [0.15, 0.2) is 73.1 Å². The van der Waals surface area contributed by atoms with Gasteiger partial charge in [-0.2, -0.15) is 5.10 Å². The summed E-state index contributed by atoms with van der Waals surface area (Å²) in [5.41, 5.74) is 6.42. The van der Waals surface area contributed by atoms with E-state index in [2.05, 4.69) is 56.6 Å². The Balaban J connectivity index is 1.71. The molecule has 0 saturated heterocycles. The lowest BCUT2D eigenvalue weighted by Gasteiger charge is -2.01. The topological polar surface area (TPSA) is 57.4 Å². The van der Waals surface area contributed by atoms with Gasteiger partial charge < -0.3 is 4.98 Å². The van der Waals surface area contributed by atoms with Crippen molar-refractivity contribution in [2.45, 2.75) is 0 Å². The molecule has 4 heteroatoms. The van der Waals surface area contributed by atoms with E-state index in [1.165, 1.54) is 5.39 Å². The summed E-state index contributed by atoms with van der Waals surface area (Å²) in [6, 6.07) is 20.8. The molecule has 0 aliphatic heterocycles. The smallest absolute Gasteiger partial charge is 0.116 e. The van der Waals surface area contributed by atoms with Crippen molar-refractivity contribution in [1.82, 2.24) is 20.2 Å². The zero-order valence-electron chi connectivity index (χ0n) is 12.8. The van der Waals surface area contributed by atoms with Gasteiger partial charge in [-0.1, -0.05) is 24.3 Å². The first-order valence-corrected chi connectivity index (χ1v) is 7.85. The van der Waals surface area contributed by atoms with E-state index in [1.807, 2.05) is 36.7 Å². The minimum Gasteiger partial charge on any atom is -0.353 e. The molecule has 0 fully saturated rings. The largest absolute Gasteiger partial charge is 0.353 e. The molecular weight excluding hydrogens is 296 g/mol. The van der Waals surface area contributed by atoms with Crippen molar-refractivity contribution in [2.75, 3.05) is 0 Å². The molecule has 0 atom stereocenters. The van der Waals surface area contributed by atoms with E-state index >= 15 is 0 Å². The molecule has 0 spiro atoms. The fourth-order valence-electron chi connectivity index (χ4n) is 3.14. The number of aromatic nitrogens is 4. The van der Waals surface area contributed by atoms with Gasteiger partial charge in [0.2, 0.25) is 0 Å². The number of fused-ring (bicyclic) bond motifs is 2. The minimum absolute atomic E-state index is 0.942. The number of hydrogen-bond acceptors (Lipinski definition) is 2. The summed E-state index contributed by atoms with van der Waals surface area (Å²) in [4.78, 5) is 7.55. The lowest BCUT2D eigenvalue weighted by Crippen LogP contribution is -1.80. The molecule has 3 heterocycles. The summed E-state index contributed by atoms with van der Waals surface area (Å²) >= 11 is 0. The van der Waals surface area contributed by atoms with E-state index in [0.717, 1.165) is 38.9 Å². The maximum Gasteiger partial charge on any atom is 0.116 e. The number of para-hydroxylation sites is 1. The van der Waals surface area contributed by atoms with Crippen LogP contribution in [0, 0.1) is 0 Å². The zero-order chi connectivity index (χ0) is 15.9. The average molecular weight is 310 g/mol. The van der Waals surface area contributed by atoms with Crippen LogP contribution in [0.4, 0.5) is 0 Å². The molecule has 0 bridgehead atoms. The minimum atomic E-state index is 0.942. The first-order chi connectivity index (χ1) is 11.9. The van der Waals surface area contributed by atoms with Crippen LogP contribution in [0.25, 0.3) is 44.3 Å². The summed E-state index contributed by atoms with van der Waals surface area (Å²) in [7, 11) is 0. The molecule has 0 aliphatic rings. The molecule has 0 aliphatic carbocycles. The Morgan fingerprint density at radius 3 is 2.50 bits per heavy atom. The van der Waals surface area contributed by atoms with Gasteiger partial charge in [0.15, 0.2) is 0 Å². The number of pyridine rings is 1. The second-order valence-corrected chi connectivity index (χ2v) is 5.84. The van der Waals surface area contributed by atoms with Crippen LogP contribution in [-0.4, -0.2) is 20.2 Å². The third kappa shape index (κ3) is 2.01. The van der Waals surface area contributed by atoms with Gasteiger partial charge >= 0.3 is 0 Å². The number of nitrogens with zero attached hydrogens (tertiary/aromatic N) is 2. The number of hydrogen-bond donors (Lipinski definition) is 2. The number of benzene rings is 2. The first kappa shape index (κ1) is 13.1. The highest BCUT2D eigenvalue weighted by molar-refractivity contribution is 5.97. The predicted octanol–water partition coefficient (Wildman–Crippen LogP) is 4.77. The van der Waals surface area contributed by atoms with E-state index in [0.29, 0.717) is 0 Å². The summed E-state index contributed by atoms with van der Waals surface area (Å²) in [5, 5.41) is 9.95. The molecule has 0 unspecified atom stereocenters. The van der Waals surface area contributed by atoms with E-state index in [-0.39, 0.29) is 0 Å². The Hall–Kier alpha value is -3.40. The summed E-state index contributed by atoms with van der Waals surface area (Å²) in [5.74, 6) is 0. The monoisotopic (exact) mass is 310 g/mol. The van der Waals surface area contributed by atoms with Crippen LogP contribution in [0.1, 0.15) is 0 Å². The van der Waals surface area contributed by atoms with Gasteiger partial charge in [-0.15, -0.1) is 0 Å². The van der Waals surface area contributed by atoms with Crippen LogP contribution in [0.5, 0.6) is 0 Å². The summed E-state index contributed by atoms with van der Waals surface area (Å²) in [6.07, 6.45) is 3.63. The molecule has 2 N–H and O–H groups in total. The van der Waals surface area contributed by atoms with Crippen molar-refractivity contribution < 1.29 is 0 Å². The summed E-state index contributed by atoms with van der Waals surface area (Å²) < 4.78 is 0. The van der Waals surface area contributed by atoms with E-state index in [9.17, 15) is 0 Å². The molecule has 0 radical (unpaired) electrons. The van der Waals surface area contributed by atoms with Gasteiger partial charge in [-0.05, 0) is 47.5 Å². The number of H-pyrrole nitrogens is 2. The van der Waals surface area contributed by atoms with E-state index in [4.69, 9.17) is 0 Å². The van der Waals surface area contributed by atoms with Crippen LogP contribution < -0.4 is 0 Å². The van der Waals surface area contributed by atoms with Crippen LogP contribution in [-0.2, 0) is 0 Å². The van der Waals surface area contributed by atoms with Crippen LogP contribution >= 0.6 is 0 Å². The fraction of sp³-hybridized carbons (Fsp3) is 0. The zero-order valence-corrected chi connectivity index (χ0v) is 12.8. The van der Waals surface area contributed by atoms with Gasteiger partial charge in [0, 0.05) is 28.7 Å². The highest BCUT2D eigenvalue weighted by atomic mass is 15.1. The molecule has 0 amide bonds. The molecule has 114 valence electrons. The predicted molar refractivity (Wildman–Crippen MR) is 96.6 cm³/mol. The Bertz CT molecular complexity index is 1120. The Labute approximate surface area is 138 Å². The second-order valence-electron chi connectivity index (χ2n) is 5.84. The SMILES string of the molecule is c1ccc2[nH]c(-c3n[nH]c4ccc(-c5ccncc5)cc34)cc2c1. The molecule has 0 saturated carbocycles. The quantitative estimate of drug-likeness (QED) is 0.493. The Morgan fingerprint density at radius 2 is 1.62 bits per heavy atom. The lowest BCUT2D eigenvalue weighted by molar-refractivity contribution is 1.12. The second kappa shape index (κ2) is 5.06. The average Bonchev–Trinajstić information content (AvgIpc) is 3.25. The number of nitrogens with one attached hydrogen (secondary N) is 2. The van der Waals surface area contributed by atoms with Gasteiger partial charge in [0.05, 0.1) is 11.2 Å². The van der Waals surface area contributed by atoms with Crippen molar-refractivity contribution in [3.05, 3.63) is 73.1 Å². The number of rotatable bonds is 2. The molecule has 5 aromatic rings. The van der Waals surface area contributed by atoms with E-state index in [1.54, 1.807) is 0 Å².